The predicted molar refractivity (Wildman–Crippen MR) is 242 cm³/mol. The zero-order chi connectivity index (χ0) is 42.3. The highest BCUT2D eigenvalue weighted by atomic mass is 32.1. The lowest BCUT2D eigenvalue weighted by atomic mass is 9.96. The number of aliphatic imine (C=N–C) groups is 1. The number of allylic oxidation sites excluding steroid dienone is 1. The zero-order valence-corrected chi connectivity index (χ0v) is 36.1. The molecule has 61 heavy (non-hydrogen) atoms. The smallest absolute Gasteiger partial charge is 0.407 e. The number of alkyl carbamates (subject to hydrolysis) is 1. The van der Waals surface area contributed by atoms with Gasteiger partial charge in [0.1, 0.15) is 11.9 Å². The molecule has 2 aromatic heterocycles. The third-order valence-corrected chi connectivity index (χ3v) is 13.3. The summed E-state index contributed by atoms with van der Waals surface area (Å²) in [6, 6.07) is 30.5. The highest BCUT2D eigenvalue weighted by molar-refractivity contribution is 7.09. The molecule has 3 aliphatic rings. The Hall–Kier alpha value is -5.85. The van der Waals surface area contributed by atoms with Crippen molar-refractivity contribution in [1.29, 1.82) is 0 Å². The molecule has 0 radical (unpaired) electrons. The number of hydrogen-bond donors (Lipinski definition) is 2. The maximum Gasteiger partial charge on any atom is 0.407 e. The van der Waals surface area contributed by atoms with Crippen molar-refractivity contribution < 1.29 is 19.1 Å². The first-order valence-corrected chi connectivity index (χ1v) is 22.5. The molecule has 0 spiro atoms. The maximum absolute atomic E-state index is 14.3. The normalized spacial score (nSPS) is 18.6. The lowest BCUT2D eigenvalue weighted by Crippen LogP contribution is -2.47. The summed E-state index contributed by atoms with van der Waals surface area (Å²) in [4.78, 5) is 60.5. The van der Waals surface area contributed by atoms with Gasteiger partial charge < -0.3 is 24.8 Å². The molecule has 0 saturated carbocycles. The van der Waals surface area contributed by atoms with Gasteiger partial charge in [-0.25, -0.2) is 9.78 Å². The van der Waals surface area contributed by atoms with E-state index in [0.29, 0.717) is 13.0 Å². The van der Waals surface area contributed by atoms with Gasteiger partial charge in [0.25, 0.3) is 0 Å². The van der Waals surface area contributed by atoms with Gasteiger partial charge in [-0.2, -0.15) is 0 Å². The maximum atomic E-state index is 14.3. The Morgan fingerprint density at radius 2 is 1.52 bits per heavy atom. The van der Waals surface area contributed by atoms with Crippen molar-refractivity contribution in [3.63, 3.8) is 0 Å². The van der Waals surface area contributed by atoms with Crippen molar-refractivity contribution in [3.8, 4) is 22.4 Å². The molecule has 316 valence electrons. The van der Waals surface area contributed by atoms with Crippen molar-refractivity contribution >= 4 is 40.5 Å². The molecule has 3 aromatic carbocycles. The molecule has 3 aliphatic heterocycles. The first-order chi connectivity index (χ1) is 29.8. The Labute approximate surface area is 362 Å². The quantitative estimate of drug-likeness (QED) is 0.109. The van der Waals surface area contributed by atoms with Gasteiger partial charge in [0.2, 0.25) is 11.8 Å². The van der Waals surface area contributed by atoms with Crippen LogP contribution in [-0.2, 0) is 20.7 Å². The summed E-state index contributed by atoms with van der Waals surface area (Å²) in [5.74, 6) is 0.931. The minimum absolute atomic E-state index is 0.0125. The highest BCUT2D eigenvalue weighted by Gasteiger charge is 2.39. The van der Waals surface area contributed by atoms with E-state index in [1.165, 1.54) is 12.7 Å². The Bertz CT molecular complexity index is 2340. The summed E-state index contributed by atoms with van der Waals surface area (Å²) in [7, 11) is 1.33. The number of methoxy groups -OCH3 is 1. The van der Waals surface area contributed by atoms with Gasteiger partial charge in [-0.3, -0.25) is 19.5 Å². The van der Waals surface area contributed by atoms with Crippen LogP contribution in [0.5, 0.6) is 0 Å². The molecule has 2 N–H and O–H groups in total. The Morgan fingerprint density at radius 3 is 2.20 bits per heavy atom. The van der Waals surface area contributed by atoms with E-state index in [-0.39, 0.29) is 42.4 Å². The number of benzene rings is 3. The number of nitrogens with one attached hydrogen (secondary N) is 2. The summed E-state index contributed by atoms with van der Waals surface area (Å²) in [6.45, 7) is 7.27. The lowest BCUT2D eigenvalue weighted by molar-refractivity contribution is -0.137. The minimum Gasteiger partial charge on any atom is -0.453 e. The molecule has 5 aromatic rings. The molecule has 2 saturated heterocycles. The average molecular weight is 838 g/mol. The number of likely N-dealkylation sites (N-methyl/N-ethyl adjacent to an activating group) is 1. The number of hydrogen-bond acceptors (Lipinski definition) is 8. The first kappa shape index (κ1) is 41.9. The number of rotatable bonds is 15. The standard InChI is InChI=1S/C49H55N7O4S/c1-4-54(5-2)46(37-12-7-6-8-13-37)48(58)56-26-9-15-43(56)41-28-38(31-50-41)35-19-17-33(18-20-35)34-21-23-36(24-22-34)42-32-51-47(53-42)44-16-10-25-55(44)45(57)30-39(52-49(59)60-3)29-40-14-11-27-61-40/h6-8,11-14,17-24,27,31-32,39,43-44,46H,4-5,9-10,15-16,25-26,28-30H2,1-3H3,(H,51,53)(H,52,59)/t39-,43-,44-,46+/m0/s1. The summed E-state index contributed by atoms with van der Waals surface area (Å²) in [5, 5.41) is 4.85. The Balaban J connectivity index is 0.880. The lowest BCUT2D eigenvalue weighted by Gasteiger charge is -2.35. The summed E-state index contributed by atoms with van der Waals surface area (Å²) < 4.78 is 4.85. The fourth-order valence-corrected chi connectivity index (χ4v) is 10.0. The van der Waals surface area contributed by atoms with Crippen molar-refractivity contribution in [2.45, 2.75) is 83.0 Å². The third-order valence-electron chi connectivity index (χ3n) is 12.4. The summed E-state index contributed by atoms with van der Waals surface area (Å²) >= 11 is 1.61. The minimum atomic E-state index is -0.539. The summed E-state index contributed by atoms with van der Waals surface area (Å²) in [5.41, 5.74) is 8.58. The van der Waals surface area contributed by atoms with Gasteiger partial charge in [-0.05, 0) is 83.6 Å². The van der Waals surface area contributed by atoms with Crippen molar-refractivity contribution in [3.05, 3.63) is 131 Å². The molecule has 11 nitrogen and oxygen atoms in total. The van der Waals surface area contributed by atoms with Gasteiger partial charge in [0.15, 0.2) is 0 Å². The number of imidazole rings is 1. The molecule has 0 aliphatic carbocycles. The van der Waals surface area contributed by atoms with Crippen molar-refractivity contribution in [2.75, 3.05) is 33.3 Å². The van der Waals surface area contributed by atoms with Crippen LogP contribution in [0.25, 0.3) is 28.0 Å². The molecule has 3 amide bonds. The number of carbonyl (C=O) groups is 3. The molecule has 8 rings (SSSR count). The molecule has 0 unspecified atom stereocenters. The Morgan fingerprint density at radius 1 is 0.852 bits per heavy atom. The van der Waals surface area contributed by atoms with E-state index in [9.17, 15) is 14.4 Å². The van der Waals surface area contributed by atoms with Gasteiger partial charge in [-0.1, -0.05) is 98.8 Å². The van der Waals surface area contributed by atoms with Crippen molar-refractivity contribution in [2.24, 2.45) is 4.99 Å². The average Bonchev–Trinajstić information content (AvgIpc) is 4.16. The van der Waals surface area contributed by atoms with Crippen LogP contribution in [0.3, 0.4) is 0 Å². The number of aromatic nitrogens is 2. The van der Waals surface area contributed by atoms with E-state index in [4.69, 9.17) is 14.7 Å². The van der Waals surface area contributed by atoms with Crippen LogP contribution in [-0.4, -0.2) is 93.7 Å². The fourth-order valence-electron chi connectivity index (χ4n) is 9.22. The number of thiophene rings is 1. The number of nitrogens with zero attached hydrogens (tertiary/aromatic N) is 5. The molecular weight excluding hydrogens is 783 g/mol. The van der Waals surface area contributed by atoms with Gasteiger partial charge in [-0.15, -0.1) is 11.3 Å². The first-order valence-electron chi connectivity index (χ1n) is 21.6. The van der Waals surface area contributed by atoms with E-state index in [0.717, 1.165) is 102 Å². The SMILES string of the molecule is CCN(CC)[C@@H](C(=O)N1CCC[C@H]1C1=NC=C(c2ccc(-c3ccc(-c4cnc([C@@H]5CCCN5C(=O)C[C@H](Cc5cccs5)NC(=O)OC)[nH]4)cc3)cc2)C1)c1ccccc1. The highest BCUT2D eigenvalue weighted by Crippen LogP contribution is 2.35. The zero-order valence-electron chi connectivity index (χ0n) is 35.3. The van der Waals surface area contributed by atoms with Crippen LogP contribution < -0.4 is 5.32 Å². The van der Waals surface area contributed by atoms with Gasteiger partial charge >= 0.3 is 6.09 Å². The third kappa shape index (κ3) is 9.40. The van der Waals surface area contributed by atoms with Crippen LogP contribution in [0.2, 0.25) is 0 Å². The molecule has 12 heteroatoms. The van der Waals surface area contributed by atoms with E-state index < -0.39 is 6.09 Å². The van der Waals surface area contributed by atoms with Crippen LogP contribution in [0, 0.1) is 0 Å². The van der Waals surface area contributed by atoms with E-state index >= 15 is 0 Å². The number of carbonyl (C=O) groups excluding carboxylic acids is 3. The topological polar surface area (TPSA) is 123 Å². The summed E-state index contributed by atoms with van der Waals surface area (Å²) in [6.07, 6.45) is 8.41. The number of likely N-dealkylation sites (tertiary alicyclic amines) is 2. The van der Waals surface area contributed by atoms with Crippen molar-refractivity contribution in [1.82, 2.24) is 30.0 Å². The van der Waals surface area contributed by atoms with E-state index in [1.807, 2.05) is 53.0 Å². The second-order valence-electron chi connectivity index (χ2n) is 16.1. The molecule has 5 heterocycles. The molecule has 4 atom stereocenters. The monoisotopic (exact) mass is 837 g/mol. The number of aromatic amines is 1. The second-order valence-corrected chi connectivity index (χ2v) is 17.1. The van der Waals surface area contributed by atoms with E-state index in [2.05, 4.69) is 94.6 Å². The number of ether oxygens (including phenoxy) is 1. The number of amides is 3. The molecule has 0 bridgehead atoms. The molecule has 2 fully saturated rings. The van der Waals surface area contributed by atoms with Gasteiger partial charge in [0, 0.05) is 55.2 Å². The van der Waals surface area contributed by atoms with Crippen LogP contribution in [0.15, 0.2) is 114 Å². The van der Waals surface area contributed by atoms with Crippen LogP contribution in [0.4, 0.5) is 4.79 Å². The van der Waals surface area contributed by atoms with Crippen LogP contribution >= 0.6 is 11.3 Å². The second kappa shape index (κ2) is 19.2. The molecular formula is C49H55N7O4S. The van der Waals surface area contributed by atoms with Crippen LogP contribution in [0.1, 0.15) is 86.3 Å². The largest absolute Gasteiger partial charge is 0.453 e. The van der Waals surface area contributed by atoms with E-state index in [1.54, 1.807) is 11.3 Å². The fraction of sp³-hybridized carbons (Fsp3) is 0.367. The number of H-pyrrole nitrogens is 1. The predicted octanol–water partition coefficient (Wildman–Crippen LogP) is 9.09. The van der Waals surface area contributed by atoms with Gasteiger partial charge in [0.05, 0.1) is 31.1 Å². The Kier molecular flexibility index (Phi) is 13.2.